The second kappa shape index (κ2) is 6.87. The second-order valence-corrected chi connectivity index (χ2v) is 7.78. The summed E-state index contributed by atoms with van der Waals surface area (Å²) in [6, 6.07) is 9.94. The molecule has 0 unspecified atom stereocenters. The molecule has 0 aliphatic heterocycles. The van der Waals surface area contributed by atoms with Gasteiger partial charge in [0.05, 0.1) is 22.8 Å². The van der Waals surface area contributed by atoms with E-state index < -0.39 is 0 Å². The smallest absolute Gasteiger partial charge is 0.132 e. The number of hydrogen-bond acceptors (Lipinski definition) is 5. The molecular weight excluding hydrogens is 318 g/mol. The number of anilines is 1. The van der Waals surface area contributed by atoms with E-state index in [2.05, 4.69) is 36.5 Å². The Morgan fingerprint density at radius 3 is 2.67 bits per heavy atom. The average Bonchev–Trinajstić information content (AvgIpc) is 3.03. The van der Waals surface area contributed by atoms with Gasteiger partial charge in [0, 0.05) is 34.7 Å². The minimum atomic E-state index is -0.0228. The fourth-order valence-corrected chi connectivity index (χ4v) is 3.45. The molecule has 0 saturated heterocycles. The van der Waals surface area contributed by atoms with Gasteiger partial charge in [-0.2, -0.15) is 0 Å². The first kappa shape index (κ1) is 16.9. The Morgan fingerprint density at radius 1 is 1.17 bits per heavy atom. The molecule has 126 valence electrons. The average molecular weight is 341 g/mol. The molecule has 3 aromatic rings. The number of nitrogens with one attached hydrogen (secondary N) is 1. The Morgan fingerprint density at radius 2 is 1.96 bits per heavy atom. The van der Waals surface area contributed by atoms with Crippen LogP contribution in [0.1, 0.15) is 37.0 Å². The molecule has 0 saturated carbocycles. The topological polar surface area (TPSA) is 58.0 Å². The third-order valence-corrected chi connectivity index (χ3v) is 5.16. The molecule has 0 aliphatic rings. The molecule has 5 heteroatoms. The predicted molar refractivity (Wildman–Crippen MR) is 101 cm³/mol. The zero-order valence-electron chi connectivity index (χ0n) is 14.3. The summed E-state index contributed by atoms with van der Waals surface area (Å²) in [4.78, 5) is 9.35. The quantitative estimate of drug-likeness (QED) is 0.732. The van der Waals surface area contributed by atoms with Gasteiger partial charge >= 0.3 is 0 Å². The number of benzene rings is 1. The maximum absolute atomic E-state index is 9.60. The number of nitrogens with zero attached hydrogens (tertiary/aromatic N) is 2. The molecule has 3 rings (SSSR count). The summed E-state index contributed by atoms with van der Waals surface area (Å²) in [6.07, 6.45) is 0.839. The number of fused-ring (bicyclic) bond motifs is 1. The van der Waals surface area contributed by atoms with Crippen LogP contribution in [0.15, 0.2) is 35.7 Å². The molecular formula is C19H23N3OS. The lowest BCUT2D eigenvalue weighted by molar-refractivity contribution is 0.282. The number of aliphatic hydroxyl groups excluding tert-OH is 1. The van der Waals surface area contributed by atoms with Crippen LogP contribution in [0.4, 0.5) is 5.82 Å². The molecule has 0 aliphatic carbocycles. The minimum Gasteiger partial charge on any atom is -0.392 e. The predicted octanol–water partition coefficient (Wildman–Crippen LogP) is 4.14. The van der Waals surface area contributed by atoms with Crippen molar-refractivity contribution in [1.29, 1.82) is 0 Å². The van der Waals surface area contributed by atoms with Crippen LogP contribution in [-0.2, 0) is 18.4 Å². The first-order valence-corrected chi connectivity index (χ1v) is 9.03. The first-order chi connectivity index (χ1) is 11.5. The molecule has 0 atom stereocenters. The molecule has 2 N–H and O–H groups in total. The van der Waals surface area contributed by atoms with E-state index in [-0.39, 0.29) is 12.0 Å². The zero-order chi connectivity index (χ0) is 17.2. The largest absolute Gasteiger partial charge is 0.392 e. The van der Waals surface area contributed by atoms with E-state index >= 15 is 0 Å². The summed E-state index contributed by atoms with van der Waals surface area (Å²) in [5.41, 5.74) is 2.95. The SMILES string of the molecule is CC(C)(C)c1nc(CCNc2nc3ccccc3cc2CO)cs1. The molecule has 0 bridgehead atoms. The van der Waals surface area contributed by atoms with Gasteiger partial charge in [-0.3, -0.25) is 0 Å². The number of hydrogen-bond donors (Lipinski definition) is 2. The van der Waals surface area contributed by atoms with Crippen molar-refractivity contribution in [2.75, 3.05) is 11.9 Å². The molecule has 0 fully saturated rings. The maximum Gasteiger partial charge on any atom is 0.132 e. The lowest BCUT2D eigenvalue weighted by atomic mass is 9.98. The summed E-state index contributed by atoms with van der Waals surface area (Å²) < 4.78 is 0. The van der Waals surface area contributed by atoms with Crippen LogP contribution in [0.5, 0.6) is 0 Å². The van der Waals surface area contributed by atoms with E-state index in [0.717, 1.165) is 46.0 Å². The Kier molecular flexibility index (Phi) is 4.83. The molecule has 0 amide bonds. The van der Waals surface area contributed by atoms with Crippen LogP contribution >= 0.6 is 11.3 Å². The van der Waals surface area contributed by atoms with Crippen molar-refractivity contribution in [3.63, 3.8) is 0 Å². The normalized spacial score (nSPS) is 11.8. The van der Waals surface area contributed by atoms with Gasteiger partial charge in [-0.15, -0.1) is 11.3 Å². The molecule has 0 spiro atoms. The van der Waals surface area contributed by atoms with Gasteiger partial charge in [0.1, 0.15) is 5.82 Å². The number of pyridine rings is 1. The minimum absolute atomic E-state index is 0.0228. The third kappa shape index (κ3) is 3.74. The summed E-state index contributed by atoms with van der Waals surface area (Å²) in [5, 5.41) is 17.3. The Labute approximate surface area is 146 Å². The van der Waals surface area contributed by atoms with Crippen LogP contribution in [0.2, 0.25) is 0 Å². The summed E-state index contributed by atoms with van der Waals surface area (Å²) in [5.74, 6) is 0.752. The number of thiazole rings is 1. The number of para-hydroxylation sites is 1. The second-order valence-electron chi connectivity index (χ2n) is 6.92. The van der Waals surface area contributed by atoms with Crippen LogP contribution in [0.25, 0.3) is 10.9 Å². The van der Waals surface area contributed by atoms with E-state index in [1.807, 2.05) is 30.3 Å². The molecule has 2 heterocycles. The monoisotopic (exact) mass is 341 g/mol. The highest BCUT2D eigenvalue weighted by Crippen LogP contribution is 2.26. The van der Waals surface area contributed by atoms with Crippen molar-refractivity contribution in [2.45, 2.75) is 39.2 Å². The lowest BCUT2D eigenvalue weighted by Crippen LogP contribution is -2.12. The summed E-state index contributed by atoms with van der Waals surface area (Å²) in [7, 11) is 0. The van der Waals surface area contributed by atoms with Gasteiger partial charge in [0.2, 0.25) is 0 Å². The van der Waals surface area contributed by atoms with Crippen LogP contribution in [0.3, 0.4) is 0 Å². The van der Waals surface area contributed by atoms with Crippen molar-refractivity contribution in [3.05, 3.63) is 52.0 Å². The highest BCUT2D eigenvalue weighted by atomic mass is 32.1. The highest BCUT2D eigenvalue weighted by molar-refractivity contribution is 7.09. The van der Waals surface area contributed by atoms with Crippen LogP contribution < -0.4 is 5.32 Å². The van der Waals surface area contributed by atoms with E-state index in [1.54, 1.807) is 11.3 Å². The van der Waals surface area contributed by atoms with Crippen molar-refractivity contribution in [3.8, 4) is 0 Å². The molecule has 4 nitrogen and oxygen atoms in total. The highest BCUT2D eigenvalue weighted by Gasteiger charge is 2.17. The molecule has 2 aromatic heterocycles. The van der Waals surface area contributed by atoms with E-state index in [9.17, 15) is 5.11 Å². The maximum atomic E-state index is 9.60. The van der Waals surface area contributed by atoms with Gasteiger partial charge < -0.3 is 10.4 Å². The van der Waals surface area contributed by atoms with Gasteiger partial charge in [0.15, 0.2) is 0 Å². The molecule has 1 aromatic carbocycles. The molecule has 24 heavy (non-hydrogen) atoms. The zero-order valence-corrected chi connectivity index (χ0v) is 15.2. The number of rotatable bonds is 5. The van der Waals surface area contributed by atoms with Crippen molar-refractivity contribution >= 4 is 28.1 Å². The van der Waals surface area contributed by atoms with Gasteiger partial charge in [-0.25, -0.2) is 9.97 Å². The van der Waals surface area contributed by atoms with E-state index in [4.69, 9.17) is 4.98 Å². The standard InChI is InChI=1S/C19H23N3OS/c1-19(2,3)18-21-15(12-24-18)8-9-20-17-14(11-23)10-13-6-4-5-7-16(13)22-17/h4-7,10,12,23H,8-9,11H2,1-3H3,(H,20,22). The van der Waals surface area contributed by atoms with E-state index in [1.165, 1.54) is 0 Å². The fraction of sp³-hybridized carbons (Fsp3) is 0.368. The van der Waals surface area contributed by atoms with Crippen molar-refractivity contribution in [2.24, 2.45) is 0 Å². The lowest BCUT2D eigenvalue weighted by Gasteiger charge is -2.13. The summed E-state index contributed by atoms with van der Waals surface area (Å²) in [6.45, 7) is 7.26. The van der Waals surface area contributed by atoms with Gasteiger partial charge in [-0.1, -0.05) is 39.0 Å². The first-order valence-electron chi connectivity index (χ1n) is 8.15. The number of aromatic nitrogens is 2. The fourth-order valence-electron chi connectivity index (χ4n) is 2.51. The Hall–Kier alpha value is -1.98. The molecule has 0 radical (unpaired) electrons. The van der Waals surface area contributed by atoms with E-state index in [0.29, 0.717) is 0 Å². The number of aliphatic hydroxyl groups is 1. The van der Waals surface area contributed by atoms with Crippen LogP contribution in [-0.4, -0.2) is 21.6 Å². The van der Waals surface area contributed by atoms with Crippen LogP contribution in [0, 0.1) is 0 Å². The van der Waals surface area contributed by atoms with Gasteiger partial charge in [-0.05, 0) is 12.1 Å². The summed E-state index contributed by atoms with van der Waals surface area (Å²) >= 11 is 1.72. The van der Waals surface area contributed by atoms with Crippen molar-refractivity contribution < 1.29 is 5.11 Å². The van der Waals surface area contributed by atoms with Gasteiger partial charge in [0.25, 0.3) is 0 Å². The third-order valence-electron chi connectivity index (χ3n) is 3.84. The Bertz CT molecular complexity index is 836. The van der Waals surface area contributed by atoms with Crippen molar-refractivity contribution in [1.82, 2.24) is 9.97 Å². The Balaban J connectivity index is 1.70.